The number of carbonyl (C=O) groups excluding carboxylic acids is 1. The van der Waals surface area contributed by atoms with E-state index in [-0.39, 0.29) is 5.91 Å². The van der Waals surface area contributed by atoms with Gasteiger partial charge in [0, 0.05) is 19.6 Å². The summed E-state index contributed by atoms with van der Waals surface area (Å²) in [4.78, 5) is 14.9. The molecular weight excluding hydrogens is 272 g/mol. The van der Waals surface area contributed by atoms with Crippen LogP contribution in [0.15, 0.2) is 6.07 Å². The molecule has 1 amide bonds. The Labute approximate surface area is 124 Å². The molecule has 0 saturated carbocycles. The normalized spacial score (nSPS) is 19.2. The third-order valence-electron chi connectivity index (χ3n) is 3.69. The molecule has 0 bridgehead atoms. The SMILES string of the molecule is CCNC(=O)c1sc(NCC2CCN(CC)C2)cc1N. The van der Waals surface area contributed by atoms with Crippen molar-refractivity contribution < 1.29 is 4.79 Å². The summed E-state index contributed by atoms with van der Waals surface area (Å²) >= 11 is 1.44. The number of nitrogens with two attached hydrogens (primary N) is 1. The summed E-state index contributed by atoms with van der Waals surface area (Å²) in [5.41, 5.74) is 6.46. The first-order valence-corrected chi connectivity index (χ1v) is 8.09. The Bertz CT molecular complexity index is 460. The Balaban J connectivity index is 1.88. The predicted molar refractivity (Wildman–Crippen MR) is 85.4 cm³/mol. The lowest BCUT2D eigenvalue weighted by Gasteiger charge is -2.13. The molecule has 0 radical (unpaired) electrons. The molecule has 4 N–H and O–H groups in total. The van der Waals surface area contributed by atoms with E-state index < -0.39 is 0 Å². The fourth-order valence-corrected chi connectivity index (χ4v) is 3.43. The van der Waals surface area contributed by atoms with Gasteiger partial charge in [0.1, 0.15) is 4.88 Å². The van der Waals surface area contributed by atoms with Gasteiger partial charge in [0.25, 0.3) is 5.91 Å². The molecule has 1 aliphatic heterocycles. The number of carbonyl (C=O) groups is 1. The van der Waals surface area contributed by atoms with E-state index in [1.807, 2.05) is 13.0 Å². The lowest BCUT2D eigenvalue weighted by atomic mass is 10.1. The molecule has 0 aliphatic carbocycles. The van der Waals surface area contributed by atoms with Gasteiger partial charge in [0.2, 0.25) is 0 Å². The summed E-state index contributed by atoms with van der Waals surface area (Å²) in [6.07, 6.45) is 1.24. The van der Waals surface area contributed by atoms with E-state index >= 15 is 0 Å². The molecule has 1 saturated heterocycles. The quantitative estimate of drug-likeness (QED) is 0.749. The number of rotatable bonds is 6. The van der Waals surface area contributed by atoms with E-state index in [0.29, 0.717) is 23.0 Å². The molecule has 6 heteroatoms. The maximum atomic E-state index is 11.8. The molecule has 1 atom stereocenters. The Morgan fingerprint density at radius 1 is 1.55 bits per heavy atom. The first-order valence-electron chi connectivity index (χ1n) is 7.27. The molecule has 5 nitrogen and oxygen atoms in total. The molecular formula is C14H24N4OS. The van der Waals surface area contributed by atoms with Crippen molar-refractivity contribution in [3.8, 4) is 0 Å². The summed E-state index contributed by atoms with van der Waals surface area (Å²) in [7, 11) is 0. The first kappa shape index (κ1) is 15.1. The van der Waals surface area contributed by atoms with Gasteiger partial charge in [-0.1, -0.05) is 6.92 Å². The highest BCUT2D eigenvalue weighted by atomic mass is 32.1. The predicted octanol–water partition coefficient (Wildman–Crippen LogP) is 1.83. The zero-order valence-electron chi connectivity index (χ0n) is 12.2. The minimum absolute atomic E-state index is 0.0823. The highest BCUT2D eigenvalue weighted by molar-refractivity contribution is 7.18. The number of thiophene rings is 1. The van der Waals surface area contributed by atoms with Crippen LogP contribution in [0.2, 0.25) is 0 Å². The van der Waals surface area contributed by atoms with Gasteiger partial charge in [-0.2, -0.15) is 0 Å². The Morgan fingerprint density at radius 3 is 3.00 bits per heavy atom. The van der Waals surface area contributed by atoms with Crippen LogP contribution in [0.1, 0.15) is 29.9 Å². The minimum Gasteiger partial charge on any atom is -0.397 e. The van der Waals surface area contributed by atoms with E-state index in [2.05, 4.69) is 22.5 Å². The van der Waals surface area contributed by atoms with Crippen molar-refractivity contribution in [2.75, 3.05) is 43.8 Å². The number of nitrogens with zero attached hydrogens (tertiary/aromatic N) is 1. The molecule has 1 fully saturated rings. The number of nitrogen functional groups attached to an aromatic ring is 1. The largest absolute Gasteiger partial charge is 0.397 e. The molecule has 1 aromatic rings. The second-order valence-corrected chi connectivity index (χ2v) is 6.24. The smallest absolute Gasteiger partial charge is 0.263 e. The van der Waals surface area contributed by atoms with E-state index in [0.717, 1.165) is 24.6 Å². The first-order chi connectivity index (χ1) is 9.63. The van der Waals surface area contributed by atoms with Crippen LogP contribution in [0.4, 0.5) is 10.7 Å². The second-order valence-electron chi connectivity index (χ2n) is 5.18. The van der Waals surface area contributed by atoms with Crippen molar-refractivity contribution in [2.45, 2.75) is 20.3 Å². The van der Waals surface area contributed by atoms with Crippen LogP contribution in [0.25, 0.3) is 0 Å². The number of hydrogen-bond donors (Lipinski definition) is 3. The summed E-state index contributed by atoms with van der Waals surface area (Å²) in [6.45, 7) is 9.16. The summed E-state index contributed by atoms with van der Waals surface area (Å²) in [5.74, 6) is 0.604. The summed E-state index contributed by atoms with van der Waals surface area (Å²) in [6, 6.07) is 1.86. The lowest BCUT2D eigenvalue weighted by molar-refractivity contribution is 0.0960. The summed E-state index contributed by atoms with van der Waals surface area (Å²) in [5, 5.41) is 7.19. The van der Waals surface area contributed by atoms with Crippen LogP contribution in [0.3, 0.4) is 0 Å². The van der Waals surface area contributed by atoms with Gasteiger partial charge in [-0.05, 0) is 38.4 Å². The van der Waals surface area contributed by atoms with E-state index in [1.165, 1.54) is 24.3 Å². The third-order valence-corrected chi connectivity index (χ3v) is 4.79. The maximum Gasteiger partial charge on any atom is 0.263 e. The molecule has 0 spiro atoms. The Morgan fingerprint density at radius 2 is 2.35 bits per heavy atom. The van der Waals surface area contributed by atoms with Gasteiger partial charge in [-0.3, -0.25) is 4.79 Å². The van der Waals surface area contributed by atoms with Gasteiger partial charge >= 0.3 is 0 Å². The zero-order valence-corrected chi connectivity index (χ0v) is 13.1. The molecule has 20 heavy (non-hydrogen) atoms. The molecule has 1 aliphatic rings. The highest BCUT2D eigenvalue weighted by Gasteiger charge is 2.21. The highest BCUT2D eigenvalue weighted by Crippen LogP contribution is 2.29. The zero-order chi connectivity index (χ0) is 14.5. The van der Waals surface area contributed by atoms with Crippen LogP contribution in [0, 0.1) is 5.92 Å². The van der Waals surface area contributed by atoms with Gasteiger partial charge in [-0.15, -0.1) is 11.3 Å². The molecule has 0 aromatic carbocycles. The molecule has 112 valence electrons. The van der Waals surface area contributed by atoms with Crippen LogP contribution in [-0.2, 0) is 0 Å². The standard InChI is InChI=1S/C14H24N4OS/c1-3-16-14(19)13-11(15)7-12(20-13)17-8-10-5-6-18(4-2)9-10/h7,10,17H,3-6,8-9,15H2,1-2H3,(H,16,19). The van der Waals surface area contributed by atoms with Crippen LogP contribution >= 0.6 is 11.3 Å². The monoisotopic (exact) mass is 296 g/mol. The third kappa shape index (κ3) is 3.64. The molecule has 1 aromatic heterocycles. The van der Waals surface area contributed by atoms with E-state index in [1.54, 1.807) is 0 Å². The van der Waals surface area contributed by atoms with Gasteiger partial charge in [0.05, 0.1) is 10.7 Å². The number of amides is 1. The molecule has 2 heterocycles. The Kier molecular flexibility index (Phi) is 5.25. The average Bonchev–Trinajstić information content (AvgIpc) is 3.03. The van der Waals surface area contributed by atoms with Crippen LogP contribution < -0.4 is 16.4 Å². The fourth-order valence-electron chi connectivity index (χ4n) is 2.52. The fraction of sp³-hybridized carbons (Fsp3) is 0.643. The van der Waals surface area contributed by atoms with Crippen molar-refractivity contribution in [3.05, 3.63) is 10.9 Å². The van der Waals surface area contributed by atoms with Crippen molar-refractivity contribution in [1.82, 2.24) is 10.2 Å². The van der Waals surface area contributed by atoms with Gasteiger partial charge in [0.15, 0.2) is 0 Å². The number of nitrogens with one attached hydrogen (secondary N) is 2. The second kappa shape index (κ2) is 6.95. The maximum absolute atomic E-state index is 11.8. The van der Waals surface area contributed by atoms with Crippen molar-refractivity contribution in [3.63, 3.8) is 0 Å². The number of likely N-dealkylation sites (tertiary alicyclic amines) is 1. The van der Waals surface area contributed by atoms with Crippen molar-refractivity contribution in [1.29, 1.82) is 0 Å². The van der Waals surface area contributed by atoms with Crippen LogP contribution in [0.5, 0.6) is 0 Å². The number of hydrogen-bond acceptors (Lipinski definition) is 5. The average molecular weight is 296 g/mol. The molecule has 2 rings (SSSR count). The minimum atomic E-state index is -0.0823. The van der Waals surface area contributed by atoms with Crippen molar-refractivity contribution >= 4 is 27.9 Å². The lowest BCUT2D eigenvalue weighted by Crippen LogP contribution is -2.22. The van der Waals surface area contributed by atoms with Gasteiger partial charge in [-0.25, -0.2) is 0 Å². The van der Waals surface area contributed by atoms with Crippen LogP contribution in [-0.4, -0.2) is 43.5 Å². The Hall–Kier alpha value is -1.27. The molecule has 1 unspecified atom stereocenters. The van der Waals surface area contributed by atoms with E-state index in [9.17, 15) is 4.79 Å². The van der Waals surface area contributed by atoms with Gasteiger partial charge < -0.3 is 21.3 Å². The topological polar surface area (TPSA) is 70.4 Å². The van der Waals surface area contributed by atoms with Crippen molar-refractivity contribution in [2.24, 2.45) is 5.92 Å². The van der Waals surface area contributed by atoms with E-state index in [4.69, 9.17) is 5.73 Å². The number of anilines is 2. The summed E-state index contributed by atoms with van der Waals surface area (Å²) < 4.78 is 0.